The molecule has 0 radical (unpaired) electrons. The van der Waals surface area contributed by atoms with Crippen molar-refractivity contribution in [1.29, 1.82) is 0 Å². The molecule has 0 bridgehead atoms. The molecule has 18 heavy (non-hydrogen) atoms. The van der Waals surface area contributed by atoms with E-state index in [4.69, 9.17) is 5.73 Å². The van der Waals surface area contributed by atoms with Crippen LogP contribution in [0.2, 0.25) is 0 Å². The van der Waals surface area contributed by atoms with E-state index in [2.05, 4.69) is 4.98 Å². The third-order valence-electron chi connectivity index (χ3n) is 2.80. The Balaban J connectivity index is 2.20. The van der Waals surface area contributed by atoms with Gasteiger partial charge in [-0.15, -0.1) is 0 Å². The number of pyridine rings is 1. The predicted molar refractivity (Wildman–Crippen MR) is 73.0 cm³/mol. The Kier molecular flexibility index (Phi) is 3.63. The fourth-order valence-corrected chi connectivity index (χ4v) is 2.46. The lowest BCUT2D eigenvalue weighted by molar-refractivity contribution is 0.590. The van der Waals surface area contributed by atoms with Gasteiger partial charge in [-0.05, 0) is 18.6 Å². The highest BCUT2D eigenvalue weighted by atomic mass is 32.2. The molecule has 0 aliphatic rings. The van der Waals surface area contributed by atoms with Crippen molar-refractivity contribution in [3.8, 4) is 0 Å². The third-order valence-corrected chi connectivity index (χ3v) is 3.78. The van der Waals surface area contributed by atoms with Crippen LogP contribution in [-0.2, 0) is 9.84 Å². The quantitative estimate of drug-likeness (QED) is 0.911. The first-order valence-corrected chi connectivity index (χ1v) is 7.81. The van der Waals surface area contributed by atoms with Crippen molar-refractivity contribution in [2.75, 3.05) is 12.0 Å². The van der Waals surface area contributed by atoms with Crippen molar-refractivity contribution in [2.45, 2.75) is 12.5 Å². The lowest BCUT2D eigenvalue weighted by atomic mass is 10.1. The second-order valence-electron chi connectivity index (χ2n) is 4.45. The molecule has 4 nitrogen and oxygen atoms in total. The first kappa shape index (κ1) is 13.0. The molecule has 0 saturated carbocycles. The number of nitrogens with two attached hydrogens (primary N) is 1. The number of fused-ring (bicyclic) bond motifs is 1. The van der Waals surface area contributed by atoms with Crippen molar-refractivity contribution < 1.29 is 8.42 Å². The Morgan fingerprint density at radius 3 is 2.67 bits per heavy atom. The highest BCUT2D eigenvalue weighted by Crippen LogP contribution is 2.17. The molecular formula is C13H16N2O2S. The van der Waals surface area contributed by atoms with Crippen LogP contribution in [0.1, 0.15) is 18.2 Å². The molecule has 5 heteroatoms. The van der Waals surface area contributed by atoms with E-state index in [0.717, 1.165) is 16.6 Å². The average Bonchev–Trinajstić information content (AvgIpc) is 2.34. The minimum absolute atomic E-state index is 0.0860. The van der Waals surface area contributed by atoms with Crippen LogP contribution in [-0.4, -0.2) is 25.4 Å². The summed E-state index contributed by atoms with van der Waals surface area (Å²) in [5.74, 6) is 0.0860. The van der Waals surface area contributed by atoms with Gasteiger partial charge in [-0.25, -0.2) is 8.42 Å². The van der Waals surface area contributed by atoms with Crippen LogP contribution >= 0.6 is 0 Å². The van der Waals surface area contributed by atoms with Crippen LogP contribution in [0, 0.1) is 0 Å². The van der Waals surface area contributed by atoms with Gasteiger partial charge in [0, 0.05) is 17.7 Å². The molecule has 1 atom stereocenters. The standard InChI is InChI=1S/C13H16N2O2S/c1-18(16,17)9-8-11(14)13-7-6-10-4-2-3-5-12(10)15-13/h2-7,11H,8-9,14H2,1H3. The van der Waals surface area contributed by atoms with Gasteiger partial charge >= 0.3 is 0 Å². The zero-order valence-electron chi connectivity index (χ0n) is 10.2. The van der Waals surface area contributed by atoms with E-state index in [1.54, 1.807) is 0 Å². The highest BCUT2D eigenvalue weighted by Gasteiger charge is 2.11. The molecule has 0 aliphatic heterocycles. The Bertz CT molecular complexity index is 653. The number of para-hydroxylation sites is 1. The number of sulfone groups is 1. The van der Waals surface area contributed by atoms with Gasteiger partial charge in [0.1, 0.15) is 9.84 Å². The van der Waals surface area contributed by atoms with Gasteiger partial charge in [0.05, 0.1) is 17.0 Å². The topological polar surface area (TPSA) is 73.0 Å². The highest BCUT2D eigenvalue weighted by molar-refractivity contribution is 7.90. The number of hydrogen-bond donors (Lipinski definition) is 1. The first-order chi connectivity index (χ1) is 8.46. The molecule has 96 valence electrons. The summed E-state index contributed by atoms with van der Waals surface area (Å²) in [5.41, 5.74) is 7.58. The smallest absolute Gasteiger partial charge is 0.147 e. The molecule has 2 N–H and O–H groups in total. The maximum Gasteiger partial charge on any atom is 0.147 e. The van der Waals surface area contributed by atoms with E-state index < -0.39 is 9.84 Å². The molecule has 1 unspecified atom stereocenters. The maximum atomic E-state index is 11.1. The van der Waals surface area contributed by atoms with Crippen LogP contribution in [0.15, 0.2) is 36.4 Å². The minimum atomic E-state index is -2.98. The van der Waals surface area contributed by atoms with Crippen LogP contribution in [0.5, 0.6) is 0 Å². The molecule has 0 amide bonds. The summed E-state index contributed by atoms with van der Waals surface area (Å²) in [7, 11) is -2.98. The average molecular weight is 264 g/mol. The van der Waals surface area contributed by atoms with Gasteiger partial charge < -0.3 is 5.73 Å². The summed E-state index contributed by atoms with van der Waals surface area (Å²) in [6, 6.07) is 11.2. The van der Waals surface area contributed by atoms with E-state index >= 15 is 0 Å². The molecule has 2 aromatic rings. The Morgan fingerprint density at radius 2 is 1.94 bits per heavy atom. The van der Waals surface area contributed by atoms with Crippen molar-refractivity contribution in [3.63, 3.8) is 0 Å². The summed E-state index contributed by atoms with van der Waals surface area (Å²) >= 11 is 0. The zero-order chi connectivity index (χ0) is 13.2. The van der Waals surface area contributed by atoms with Gasteiger partial charge in [-0.1, -0.05) is 24.3 Å². The van der Waals surface area contributed by atoms with Crippen molar-refractivity contribution in [3.05, 3.63) is 42.1 Å². The van der Waals surface area contributed by atoms with E-state index in [1.807, 2.05) is 36.4 Å². The van der Waals surface area contributed by atoms with Crippen molar-refractivity contribution >= 4 is 20.7 Å². The number of benzene rings is 1. The molecule has 1 aromatic heterocycles. The summed E-state index contributed by atoms with van der Waals surface area (Å²) < 4.78 is 22.2. The number of hydrogen-bond acceptors (Lipinski definition) is 4. The molecule has 0 fully saturated rings. The molecule has 1 heterocycles. The number of nitrogens with zero attached hydrogens (tertiary/aromatic N) is 1. The number of aromatic nitrogens is 1. The van der Waals surface area contributed by atoms with E-state index in [0.29, 0.717) is 6.42 Å². The summed E-state index contributed by atoms with van der Waals surface area (Å²) in [6.45, 7) is 0. The molecule has 1 aromatic carbocycles. The molecule has 0 aliphatic carbocycles. The zero-order valence-corrected chi connectivity index (χ0v) is 11.0. The van der Waals surface area contributed by atoms with Crippen LogP contribution < -0.4 is 5.73 Å². The molecule has 2 rings (SSSR count). The molecule has 0 saturated heterocycles. The summed E-state index contributed by atoms with van der Waals surface area (Å²) in [5, 5.41) is 1.05. The van der Waals surface area contributed by atoms with E-state index in [9.17, 15) is 8.42 Å². The normalized spacial score (nSPS) is 13.7. The van der Waals surface area contributed by atoms with Gasteiger partial charge in [-0.3, -0.25) is 4.98 Å². The molecule has 0 spiro atoms. The van der Waals surface area contributed by atoms with Crippen molar-refractivity contribution in [2.24, 2.45) is 5.73 Å². The van der Waals surface area contributed by atoms with Crippen LogP contribution in [0.4, 0.5) is 0 Å². The SMILES string of the molecule is CS(=O)(=O)CCC(N)c1ccc2ccccc2n1. The van der Waals surface area contributed by atoms with Gasteiger partial charge in [-0.2, -0.15) is 0 Å². The second kappa shape index (κ2) is 5.04. The third kappa shape index (κ3) is 3.27. The van der Waals surface area contributed by atoms with Gasteiger partial charge in [0.2, 0.25) is 0 Å². The van der Waals surface area contributed by atoms with Gasteiger partial charge in [0.15, 0.2) is 0 Å². The largest absolute Gasteiger partial charge is 0.323 e. The Labute approximate surface area is 107 Å². The maximum absolute atomic E-state index is 11.1. The van der Waals surface area contributed by atoms with E-state index in [-0.39, 0.29) is 11.8 Å². The Hall–Kier alpha value is -1.46. The van der Waals surface area contributed by atoms with Gasteiger partial charge in [0.25, 0.3) is 0 Å². The summed E-state index contributed by atoms with van der Waals surface area (Å²) in [6.07, 6.45) is 1.61. The monoisotopic (exact) mass is 264 g/mol. The first-order valence-electron chi connectivity index (χ1n) is 5.75. The van der Waals surface area contributed by atoms with Crippen LogP contribution in [0.3, 0.4) is 0 Å². The van der Waals surface area contributed by atoms with Crippen LogP contribution in [0.25, 0.3) is 10.9 Å². The lowest BCUT2D eigenvalue weighted by Gasteiger charge is -2.11. The predicted octanol–water partition coefficient (Wildman–Crippen LogP) is 1.67. The van der Waals surface area contributed by atoms with E-state index in [1.165, 1.54) is 6.26 Å². The fourth-order valence-electron chi connectivity index (χ4n) is 1.78. The lowest BCUT2D eigenvalue weighted by Crippen LogP contribution is -2.16. The Morgan fingerprint density at radius 1 is 1.22 bits per heavy atom. The number of rotatable bonds is 4. The fraction of sp³-hybridized carbons (Fsp3) is 0.308. The summed E-state index contributed by atoms with van der Waals surface area (Å²) in [4.78, 5) is 4.46. The van der Waals surface area contributed by atoms with Crippen molar-refractivity contribution in [1.82, 2.24) is 4.98 Å². The minimum Gasteiger partial charge on any atom is -0.323 e. The molecular weight excluding hydrogens is 248 g/mol. The second-order valence-corrected chi connectivity index (χ2v) is 6.71.